The van der Waals surface area contributed by atoms with Crippen LogP contribution in [0.2, 0.25) is 0 Å². The fourth-order valence-corrected chi connectivity index (χ4v) is 7.79. The molecule has 24 heavy (non-hydrogen) atoms. The molecule has 4 saturated carbocycles. The predicted octanol–water partition coefficient (Wildman–Crippen LogP) is 3.21. The van der Waals surface area contributed by atoms with Crippen LogP contribution >= 0.6 is 0 Å². The number of fused-ring (bicyclic) bond motifs is 3. The highest BCUT2D eigenvalue weighted by molar-refractivity contribution is 5.75. The smallest absolute Gasteiger partial charge is 0.309 e. The van der Waals surface area contributed by atoms with Gasteiger partial charge in [0, 0.05) is 10.8 Å². The normalized spacial score (nSPS) is 59.5. The quantitative estimate of drug-likeness (QED) is 0.687. The number of carboxylic acid groups (broad SMARTS) is 1. The molecule has 1 spiro atoms. The molecule has 0 aromatic carbocycles. The first-order chi connectivity index (χ1) is 11.1. The highest BCUT2D eigenvalue weighted by atomic mass is 16.4. The summed E-state index contributed by atoms with van der Waals surface area (Å²) < 4.78 is 0. The van der Waals surface area contributed by atoms with E-state index in [2.05, 4.69) is 13.8 Å². The molecular formula is C20H32O4. The van der Waals surface area contributed by atoms with Crippen molar-refractivity contribution in [1.82, 2.24) is 0 Å². The van der Waals surface area contributed by atoms with Crippen molar-refractivity contribution in [1.29, 1.82) is 0 Å². The molecule has 4 aliphatic carbocycles. The summed E-state index contributed by atoms with van der Waals surface area (Å²) in [5.41, 5.74) is -1.00. The number of rotatable bonds is 1. The van der Waals surface area contributed by atoms with Crippen molar-refractivity contribution >= 4 is 5.97 Å². The number of hydrogen-bond donors (Lipinski definition) is 3. The van der Waals surface area contributed by atoms with Crippen LogP contribution in [0.25, 0.3) is 0 Å². The van der Waals surface area contributed by atoms with E-state index in [-0.39, 0.29) is 17.3 Å². The van der Waals surface area contributed by atoms with Gasteiger partial charge in [-0.05, 0) is 75.5 Å². The van der Waals surface area contributed by atoms with Gasteiger partial charge in [0.15, 0.2) is 0 Å². The first-order valence-corrected chi connectivity index (χ1v) is 9.68. The zero-order valence-corrected chi connectivity index (χ0v) is 15.2. The highest BCUT2D eigenvalue weighted by Crippen LogP contribution is 2.73. The lowest BCUT2D eigenvalue weighted by Gasteiger charge is -2.66. The van der Waals surface area contributed by atoms with Gasteiger partial charge in [-0.2, -0.15) is 0 Å². The van der Waals surface area contributed by atoms with Gasteiger partial charge in [-0.15, -0.1) is 0 Å². The van der Waals surface area contributed by atoms with E-state index < -0.39 is 29.0 Å². The summed E-state index contributed by atoms with van der Waals surface area (Å²) in [6.45, 7) is 6.33. The van der Waals surface area contributed by atoms with Crippen LogP contribution in [0.15, 0.2) is 0 Å². The second-order valence-corrected chi connectivity index (χ2v) is 10.3. The molecule has 0 saturated heterocycles. The largest absolute Gasteiger partial charge is 0.481 e. The van der Waals surface area contributed by atoms with Crippen LogP contribution in [0.4, 0.5) is 0 Å². The Morgan fingerprint density at radius 3 is 2.29 bits per heavy atom. The van der Waals surface area contributed by atoms with Gasteiger partial charge in [0.05, 0.1) is 17.6 Å². The Labute approximate surface area is 144 Å². The molecule has 0 amide bonds. The standard InChI is InChI=1S/C20H32O4/c1-17-6-4-12-19(3)13(10-15(22)20(12,11-17)9-8-17)18(2,16(23)24)7-5-14(19)21/h12-15,21-22H,4-11H2,1-3H3,(H,23,24)/t12?,13-,14+,15+,17-,18-,19+,20-/m1/s1. The average Bonchev–Trinajstić information content (AvgIpc) is 2.78. The molecule has 136 valence electrons. The highest BCUT2D eigenvalue weighted by Gasteiger charge is 2.71. The summed E-state index contributed by atoms with van der Waals surface area (Å²) in [7, 11) is 0. The molecule has 4 fully saturated rings. The molecule has 8 atom stereocenters. The maximum Gasteiger partial charge on any atom is 0.309 e. The van der Waals surface area contributed by atoms with Crippen LogP contribution in [-0.2, 0) is 4.79 Å². The van der Waals surface area contributed by atoms with E-state index in [1.807, 2.05) is 6.92 Å². The number of carbonyl (C=O) groups is 1. The van der Waals surface area contributed by atoms with Gasteiger partial charge in [0.2, 0.25) is 0 Å². The molecule has 1 unspecified atom stereocenters. The fraction of sp³-hybridized carbons (Fsp3) is 0.950. The van der Waals surface area contributed by atoms with E-state index >= 15 is 0 Å². The third-order valence-corrected chi connectivity index (χ3v) is 9.22. The van der Waals surface area contributed by atoms with Crippen molar-refractivity contribution in [3.63, 3.8) is 0 Å². The molecule has 3 N–H and O–H groups in total. The van der Waals surface area contributed by atoms with Crippen LogP contribution < -0.4 is 0 Å². The number of carboxylic acids is 1. The maximum absolute atomic E-state index is 12.1. The fourth-order valence-electron chi connectivity index (χ4n) is 7.79. The summed E-state index contributed by atoms with van der Waals surface area (Å²) in [4.78, 5) is 12.1. The van der Waals surface area contributed by atoms with Gasteiger partial charge in [-0.25, -0.2) is 0 Å². The number of aliphatic carboxylic acids is 1. The van der Waals surface area contributed by atoms with Crippen molar-refractivity contribution < 1.29 is 20.1 Å². The molecule has 4 nitrogen and oxygen atoms in total. The van der Waals surface area contributed by atoms with Crippen LogP contribution in [0.3, 0.4) is 0 Å². The van der Waals surface area contributed by atoms with Crippen molar-refractivity contribution in [2.24, 2.45) is 33.5 Å². The Kier molecular flexibility index (Phi) is 3.34. The minimum Gasteiger partial charge on any atom is -0.481 e. The second-order valence-electron chi connectivity index (χ2n) is 10.3. The first-order valence-electron chi connectivity index (χ1n) is 9.68. The molecule has 0 radical (unpaired) electrons. The topological polar surface area (TPSA) is 77.8 Å². The van der Waals surface area contributed by atoms with Gasteiger partial charge >= 0.3 is 5.97 Å². The lowest BCUT2D eigenvalue weighted by atomic mass is 9.39. The van der Waals surface area contributed by atoms with Crippen LogP contribution in [0.1, 0.15) is 72.1 Å². The first kappa shape index (κ1) is 16.8. The Balaban J connectivity index is 1.82. The molecule has 0 aromatic rings. The molecule has 4 heteroatoms. The molecule has 2 bridgehead atoms. The van der Waals surface area contributed by atoms with E-state index in [4.69, 9.17) is 0 Å². The molecule has 4 aliphatic rings. The zero-order valence-electron chi connectivity index (χ0n) is 15.2. The summed E-state index contributed by atoms with van der Waals surface area (Å²) in [6.07, 6.45) is 6.14. The third-order valence-electron chi connectivity index (χ3n) is 9.22. The lowest BCUT2D eigenvalue weighted by Crippen LogP contribution is -2.67. The van der Waals surface area contributed by atoms with E-state index in [1.165, 1.54) is 0 Å². The van der Waals surface area contributed by atoms with Crippen LogP contribution in [0.5, 0.6) is 0 Å². The molecule has 0 aliphatic heterocycles. The molecule has 0 heterocycles. The SMILES string of the molecule is C[C@@]12CCC3[C@@](CC1)(C2)[C@@H](O)C[C@H]1[C@@]3(C)[C@@H](O)CC[C@@]1(C)C(=O)O. The second kappa shape index (κ2) is 4.76. The predicted molar refractivity (Wildman–Crippen MR) is 90.3 cm³/mol. The van der Waals surface area contributed by atoms with Gasteiger partial charge in [0.1, 0.15) is 0 Å². The van der Waals surface area contributed by atoms with Gasteiger partial charge in [-0.1, -0.05) is 13.8 Å². The Hall–Kier alpha value is -0.610. The molecule has 0 aromatic heterocycles. The van der Waals surface area contributed by atoms with Crippen molar-refractivity contribution in [3.8, 4) is 0 Å². The van der Waals surface area contributed by atoms with E-state index in [1.54, 1.807) is 0 Å². The number of aliphatic hydroxyl groups excluding tert-OH is 2. The van der Waals surface area contributed by atoms with E-state index in [0.717, 1.165) is 32.1 Å². The minimum atomic E-state index is -0.837. The van der Waals surface area contributed by atoms with Gasteiger partial charge < -0.3 is 15.3 Å². The summed E-state index contributed by atoms with van der Waals surface area (Å²) in [5, 5.41) is 32.1. The third kappa shape index (κ3) is 1.79. The summed E-state index contributed by atoms with van der Waals surface area (Å²) in [5.74, 6) is -0.675. The van der Waals surface area contributed by atoms with Crippen LogP contribution in [-0.4, -0.2) is 33.5 Å². The summed E-state index contributed by atoms with van der Waals surface area (Å²) >= 11 is 0. The lowest BCUT2D eigenvalue weighted by molar-refractivity contribution is -0.241. The van der Waals surface area contributed by atoms with E-state index in [9.17, 15) is 20.1 Å². The number of aliphatic hydroxyl groups is 2. The number of hydrogen-bond acceptors (Lipinski definition) is 3. The van der Waals surface area contributed by atoms with Gasteiger partial charge in [-0.3, -0.25) is 4.79 Å². The monoisotopic (exact) mass is 336 g/mol. The van der Waals surface area contributed by atoms with Crippen LogP contribution in [0, 0.1) is 33.5 Å². The molecular weight excluding hydrogens is 304 g/mol. The van der Waals surface area contributed by atoms with Gasteiger partial charge in [0.25, 0.3) is 0 Å². The Morgan fingerprint density at radius 2 is 1.62 bits per heavy atom. The maximum atomic E-state index is 12.1. The summed E-state index contributed by atoms with van der Waals surface area (Å²) in [6, 6.07) is 0. The Morgan fingerprint density at radius 1 is 0.917 bits per heavy atom. The van der Waals surface area contributed by atoms with Crippen molar-refractivity contribution in [2.45, 2.75) is 84.3 Å². The molecule has 4 rings (SSSR count). The van der Waals surface area contributed by atoms with Crippen molar-refractivity contribution in [2.75, 3.05) is 0 Å². The Bertz CT molecular complexity index is 576. The minimum absolute atomic E-state index is 0.101. The van der Waals surface area contributed by atoms with Crippen molar-refractivity contribution in [3.05, 3.63) is 0 Å². The zero-order chi connectivity index (χ0) is 17.5. The average molecular weight is 336 g/mol. The van der Waals surface area contributed by atoms with E-state index in [0.29, 0.717) is 24.7 Å².